The van der Waals surface area contributed by atoms with Gasteiger partial charge in [0, 0.05) is 19.3 Å². The lowest BCUT2D eigenvalue weighted by Gasteiger charge is -2.18. The summed E-state index contributed by atoms with van der Waals surface area (Å²) in [6.45, 7) is 11.3. The van der Waals surface area contributed by atoms with Crippen LogP contribution < -0.4 is 0 Å². The fourth-order valence-corrected chi connectivity index (χ4v) is 8.52. The van der Waals surface area contributed by atoms with Crippen LogP contribution >= 0.6 is 0 Å². The van der Waals surface area contributed by atoms with Crippen molar-refractivity contribution in [2.45, 2.75) is 317 Å². The van der Waals surface area contributed by atoms with Crippen LogP contribution in [0.15, 0.2) is 0 Å². The van der Waals surface area contributed by atoms with Crippen LogP contribution in [0.2, 0.25) is 0 Å². The first-order chi connectivity index (χ1) is 30.2. The molecule has 0 fully saturated rings. The molecule has 0 rings (SSSR count). The Morgan fingerprint density at radius 1 is 0.306 bits per heavy atom. The van der Waals surface area contributed by atoms with Gasteiger partial charge >= 0.3 is 17.9 Å². The van der Waals surface area contributed by atoms with Crippen LogP contribution in [0.1, 0.15) is 311 Å². The highest BCUT2D eigenvalue weighted by Crippen LogP contribution is 2.18. The molecule has 0 unspecified atom stereocenters. The van der Waals surface area contributed by atoms with Crippen molar-refractivity contribution in [3.05, 3.63) is 0 Å². The number of hydrogen-bond donors (Lipinski definition) is 0. The Morgan fingerprint density at radius 3 is 0.790 bits per heavy atom. The molecular formula is C56H108O6. The zero-order chi connectivity index (χ0) is 45.4. The van der Waals surface area contributed by atoms with E-state index in [0.29, 0.717) is 19.3 Å². The van der Waals surface area contributed by atoms with Gasteiger partial charge in [-0.15, -0.1) is 0 Å². The van der Waals surface area contributed by atoms with E-state index in [2.05, 4.69) is 34.6 Å². The third-order valence-corrected chi connectivity index (χ3v) is 12.7. The lowest BCUT2D eigenvalue weighted by atomic mass is 10.0. The zero-order valence-electron chi connectivity index (χ0n) is 42.5. The van der Waals surface area contributed by atoms with Crippen LogP contribution in [-0.2, 0) is 28.6 Å². The SMILES string of the molecule is CCCCCCCCCCCCCCCCCCC(=O)OC[C@@H](COC(=O)CCCCCCCCC(C)C)OC(=O)CCCCCCCCCCCCCCCCCCC(C)C. The van der Waals surface area contributed by atoms with Gasteiger partial charge in [-0.1, -0.05) is 272 Å². The molecule has 6 nitrogen and oxygen atoms in total. The van der Waals surface area contributed by atoms with Gasteiger partial charge in [0.25, 0.3) is 0 Å². The summed E-state index contributed by atoms with van der Waals surface area (Å²) in [6, 6.07) is 0. The maximum Gasteiger partial charge on any atom is 0.306 e. The predicted octanol–water partition coefficient (Wildman–Crippen LogP) is 18.1. The lowest BCUT2D eigenvalue weighted by molar-refractivity contribution is -0.167. The number of unbranched alkanes of at least 4 members (excludes halogenated alkanes) is 35. The summed E-state index contributed by atoms with van der Waals surface area (Å²) in [5, 5.41) is 0. The topological polar surface area (TPSA) is 78.9 Å². The van der Waals surface area contributed by atoms with E-state index < -0.39 is 6.10 Å². The molecule has 0 aliphatic rings. The molecule has 0 aromatic heterocycles. The monoisotopic (exact) mass is 877 g/mol. The van der Waals surface area contributed by atoms with Crippen LogP contribution in [-0.4, -0.2) is 37.2 Å². The van der Waals surface area contributed by atoms with Crippen molar-refractivity contribution >= 4 is 17.9 Å². The summed E-state index contributed by atoms with van der Waals surface area (Å²) in [4.78, 5) is 38.0. The van der Waals surface area contributed by atoms with E-state index in [0.717, 1.165) is 69.6 Å². The molecule has 62 heavy (non-hydrogen) atoms. The van der Waals surface area contributed by atoms with Crippen molar-refractivity contribution in [3.8, 4) is 0 Å². The second-order valence-corrected chi connectivity index (χ2v) is 20.2. The second-order valence-electron chi connectivity index (χ2n) is 20.2. The van der Waals surface area contributed by atoms with Gasteiger partial charge in [-0.3, -0.25) is 14.4 Å². The van der Waals surface area contributed by atoms with E-state index in [9.17, 15) is 14.4 Å². The Morgan fingerprint density at radius 2 is 0.532 bits per heavy atom. The van der Waals surface area contributed by atoms with Crippen LogP contribution in [0.25, 0.3) is 0 Å². The minimum Gasteiger partial charge on any atom is -0.462 e. The largest absolute Gasteiger partial charge is 0.462 e. The first kappa shape index (κ1) is 60.4. The van der Waals surface area contributed by atoms with Gasteiger partial charge in [-0.2, -0.15) is 0 Å². The number of esters is 3. The summed E-state index contributed by atoms with van der Waals surface area (Å²) in [5.74, 6) is 0.767. The van der Waals surface area contributed by atoms with Crippen LogP contribution in [0.4, 0.5) is 0 Å². The van der Waals surface area contributed by atoms with Gasteiger partial charge in [-0.25, -0.2) is 0 Å². The van der Waals surface area contributed by atoms with Gasteiger partial charge in [-0.05, 0) is 31.1 Å². The minimum absolute atomic E-state index is 0.0638. The molecule has 0 amide bonds. The van der Waals surface area contributed by atoms with Gasteiger partial charge in [0.15, 0.2) is 6.10 Å². The molecule has 0 aliphatic carbocycles. The second kappa shape index (κ2) is 48.9. The summed E-state index contributed by atoms with van der Waals surface area (Å²) >= 11 is 0. The normalized spacial score (nSPS) is 12.0. The van der Waals surface area contributed by atoms with Gasteiger partial charge in [0.1, 0.15) is 13.2 Å². The highest BCUT2D eigenvalue weighted by molar-refractivity contribution is 5.71. The van der Waals surface area contributed by atoms with Crippen LogP contribution in [0.5, 0.6) is 0 Å². The standard InChI is InChI=1S/C56H108O6/c1-6-7-8-9-10-11-12-13-14-18-21-24-27-30-36-41-46-54(57)60-49-53(50-61-55(58)47-42-37-33-32-35-40-45-52(4)5)62-56(59)48-43-38-31-28-25-22-19-16-15-17-20-23-26-29-34-39-44-51(2)3/h51-53H,6-50H2,1-5H3/t53-/m0/s1. The molecule has 0 aromatic rings. The fraction of sp³-hybridized carbons (Fsp3) is 0.946. The first-order valence-corrected chi connectivity index (χ1v) is 27.7. The van der Waals surface area contributed by atoms with E-state index in [-0.39, 0.29) is 31.1 Å². The quantitative estimate of drug-likeness (QED) is 0.0344. The maximum absolute atomic E-state index is 12.8. The molecule has 6 heteroatoms. The number of ether oxygens (including phenoxy) is 3. The third kappa shape index (κ3) is 49.4. The number of hydrogen-bond acceptors (Lipinski definition) is 6. The Labute approximate surface area is 387 Å². The van der Waals surface area contributed by atoms with E-state index in [1.165, 1.54) is 199 Å². The minimum atomic E-state index is -0.762. The summed E-state index contributed by atoms with van der Waals surface area (Å²) < 4.78 is 16.8. The van der Waals surface area contributed by atoms with Crippen LogP contribution in [0, 0.1) is 11.8 Å². The Bertz CT molecular complexity index is 947. The molecule has 0 aromatic carbocycles. The van der Waals surface area contributed by atoms with Crippen molar-refractivity contribution in [2.75, 3.05) is 13.2 Å². The summed E-state index contributed by atoms with van der Waals surface area (Å²) in [7, 11) is 0. The van der Waals surface area contributed by atoms with E-state index >= 15 is 0 Å². The third-order valence-electron chi connectivity index (χ3n) is 12.7. The molecule has 0 aliphatic heterocycles. The lowest BCUT2D eigenvalue weighted by Crippen LogP contribution is -2.30. The Kier molecular flexibility index (Phi) is 47.6. The maximum atomic E-state index is 12.8. The Hall–Kier alpha value is -1.59. The first-order valence-electron chi connectivity index (χ1n) is 27.7. The smallest absolute Gasteiger partial charge is 0.306 e. The van der Waals surface area contributed by atoms with Crippen molar-refractivity contribution in [3.63, 3.8) is 0 Å². The Balaban J connectivity index is 4.23. The molecule has 0 N–H and O–H groups in total. The fourth-order valence-electron chi connectivity index (χ4n) is 8.52. The number of carbonyl (C=O) groups is 3. The van der Waals surface area contributed by atoms with Gasteiger partial charge < -0.3 is 14.2 Å². The summed E-state index contributed by atoms with van der Waals surface area (Å²) in [6.07, 6.45) is 51.1. The zero-order valence-corrected chi connectivity index (χ0v) is 42.5. The van der Waals surface area contributed by atoms with Gasteiger partial charge in [0.05, 0.1) is 0 Å². The van der Waals surface area contributed by atoms with Crippen molar-refractivity contribution < 1.29 is 28.6 Å². The van der Waals surface area contributed by atoms with Crippen molar-refractivity contribution in [1.29, 1.82) is 0 Å². The molecule has 0 saturated carbocycles. The van der Waals surface area contributed by atoms with E-state index in [1.807, 2.05) is 0 Å². The molecule has 0 bridgehead atoms. The molecule has 0 heterocycles. The highest BCUT2D eigenvalue weighted by atomic mass is 16.6. The highest BCUT2D eigenvalue weighted by Gasteiger charge is 2.19. The molecule has 0 spiro atoms. The molecule has 1 atom stereocenters. The average Bonchev–Trinajstić information content (AvgIpc) is 3.24. The van der Waals surface area contributed by atoms with E-state index in [4.69, 9.17) is 14.2 Å². The molecule has 0 saturated heterocycles. The molecule has 0 radical (unpaired) electrons. The predicted molar refractivity (Wildman–Crippen MR) is 266 cm³/mol. The van der Waals surface area contributed by atoms with Crippen LogP contribution in [0.3, 0.4) is 0 Å². The molecule has 368 valence electrons. The summed E-state index contributed by atoms with van der Waals surface area (Å²) in [5.41, 5.74) is 0. The van der Waals surface area contributed by atoms with Gasteiger partial charge in [0.2, 0.25) is 0 Å². The molecular weight excluding hydrogens is 769 g/mol. The number of carbonyl (C=O) groups excluding carboxylic acids is 3. The average molecular weight is 877 g/mol. The van der Waals surface area contributed by atoms with Crippen molar-refractivity contribution in [2.24, 2.45) is 11.8 Å². The number of rotatable bonds is 50. The van der Waals surface area contributed by atoms with E-state index in [1.54, 1.807) is 0 Å². The van der Waals surface area contributed by atoms with Crippen molar-refractivity contribution in [1.82, 2.24) is 0 Å².